The third kappa shape index (κ3) is 1.19. The Bertz CT molecular complexity index is 350. The first-order valence-corrected chi connectivity index (χ1v) is 5.69. The van der Waals surface area contributed by atoms with E-state index >= 15 is 0 Å². The molecule has 0 saturated heterocycles. The Morgan fingerprint density at radius 1 is 1.50 bits per heavy atom. The molecule has 2 heterocycles. The van der Waals surface area contributed by atoms with Crippen LogP contribution in [0, 0.1) is 0 Å². The second-order valence-corrected chi connectivity index (χ2v) is 4.31. The Morgan fingerprint density at radius 3 is 3.07 bits per heavy atom. The molecule has 0 spiro atoms. The van der Waals surface area contributed by atoms with Gasteiger partial charge in [-0.25, -0.2) is 4.98 Å². The minimum atomic E-state index is 0.778. The molecule has 1 saturated carbocycles. The number of rotatable bonds is 2. The van der Waals surface area contributed by atoms with Gasteiger partial charge in [0.15, 0.2) is 0 Å². The molecule has 0 bridgehead atoms. The summed E-state index contributed by atoms with van der Waals surface area (Å²) in [7, 11) is 0. The molecular formula is C11H17N3. The van der Waals surface area contributed by atoms with E-state index in [1.54, 1.807) is 0 Å². The SMILES string of the molecule is CCn1c(C2CC2)nc2c1CNCC2. The van der Waals surface area contributed by atoms with Crippen molar-refractivity contribution in [2.75, 3.05) is 6.54 Å². The molecule has 0 amide bonds. The summed E-state index contributed by atoms with van der Waals surface area (Å²) in [5.74, 6) is 2.14. The summed E-state index contributed by atoms with van der Waals surface area (Å²) in [5.41, 5.74) is 2.80. The number of hydrogen-bond acceptors (Lipinski definition) is 2. The first-order valence-electron chi connectivity index (χ1n) is 5.69. The molecule has 1 aromatic rings. The molecule has 3 rings (SSSR count). The average Bonchev–Trinajstić information content (AvgIpc) is 2.99. The maximum absolute atomic E-state index is 4.81. The number of hydrogen-bond donors (Lipinski definition) is 1. The second-order valence-electron chi connectivity index (χ2n) is 4.31. The fraction of sp³-hybridized carbons (Fsp3) is 0.727. The van der Waals surface area contributed by atoms with Gasteiger partial charge in [-0.1, -0.05) is 0 Å². The Morgan fingerprint density at radius 2 is 2.36 bits per heavy atom. The Balaban J connectivity index is 2.06. The van der Waals surface area contributed by atoms with Crippen LogP contribution in [0.15, 0.2) is 0 Å². The van der Waals surface area contributed by atoms with E-state index in [9.17, 15) is 0 Å². The van der Waals surface area contributed by atoms with E-state index in [1.165, 1.54) is 30.1 Å². The van der Waals surface area contributed by atoms with Crippen LogP contribution in [0.2, 0.25) is 0 Å². The van der Waals surface area contributed by atoms with Crippen molar-refractivity contribution in [1.29, 1.82) is 0 Å². The summed E-state index contributed by atoms with van der Waals surface area (Å²) in [6, 6.07) is 0. The van der Waals surface area contributed by atoms with E-state index in [0.29, 0.717) is 0 Å². The van der Waals surface area contributed by atoms with Gasteiger partial charge in [0.2, 0.25) is 0 Å². The maximum Gasteiger partial charge on any atom is 0.112 e. The zero-order chi connectivity index (χ0) is 9.54. The molecule has 1 aliphatic carbocycles. The van der Waals surface area contributed by atoms with Gasteiger partial charge in [-0.2, -0.15) is 0 Å². The van der Waals surface area contributed by atoms with Crippen molar-refractivity contribution < 1.29 is 0 Å². The van der Waals surface area contributed by atoms with Crippen LogP contribution in [-0.4, -0.2) is 16.1 Å². The molecule has 2 aliphatic rings. The van der Waals surface area contributed by atoms with Crippen LogP contribution in [0.25, 0.3) is 0 Å². The number of aromatic nitrogens is 2. The second kappa shape index (κ2) is 3.09. The number of nitrogens with zero attached hydrogens (tertiary/aromatic N) is 2. The Labute approximate surface area is 84.5 Å². The van der Waals surface area contributed by atoms with Gasteiger partial charge >= 0.3 is 0 Å². The van der Waals surface area contributed by atoms with E-state index in [4.69, 9.17) is 4.98 Å². The molecule has 3 heteroatoms. The standard InChI is InChI=1S/C11H17N3/c1-2-14-10-7-12-6-5-9(10)13-11(14)8-3-4-8/h8,12H,2-7H2,1H3. The quantitative estimate of drug-likeness (QED) is 0.766. The van der Waals surface area contributed by atoms with E-state index in [-0.39, 0.29) is 0 Å². The molecule has 14 heavy (non-hydrogen) atoms. The molecule has 0 unspecified atom stereocenters. The first-order chi connectivity index (χ1) is 6.90. The van der Waals surface area contributed by atoms with Crippen molar-refractivity contribution in [3.05, 3.63) is 17.2 Å². The monoisotopic (exact) mass is 191 g/mol. The van der Waals surface area contributed by atoms with Crippen LogP contribution in [0.5, 0.6) is 0 Å². The highest BCUT2D eigenvalue weighted by atomic mass is 15.1. The van der Waals surface area contributed by atoms with Gasteiger partial charge in [-0.3, -0.25) is 0 Å². The molecule has 1 N–H and O–H groups in total. The zero-order valence-electron chi connectivity index (χ0n) is 8.71. The minimum absolute atomic E-state index is 0.778. The molecule has 1 fully saturated rings. The molecule has 0 aromatic carbocycles. The van der Waals surface area contributed by atoms with Crippen LogP contribution in [0.1, 0.15) is 42.9 Å². The predicted octanol–water partition coefficient (Wildman–Crippen LogP) is 1.43. The van der Waals surface area contributed by atoms with Gasteiger partial charge < -0.3 is 9.88 Å². The normalized spacial score (nSPS) is 20.9. The highest BCUT2D eigenvalue weighted by molar-refractivity contribution is 5.23. The average molecular weight is 191 g/mol. The fourth-order valence-corrected chi connectivity index (χ4v) is 2.37. The number of imidazole rings is 1. The topological polar surface area (TPSA) is 29.9 Å². The van der Waals surface area contributed by atoms with Crippen molar-refractivity contribution in [3.63, 3.8) is 0 Å². The Kier molecular flexibility index (Phi) is 1.87. The molecular weight excluding hydrogens is 174 g/mol. The van der Waals surface area contributed by atoms with Gasteiger partial charge in [0, 0.05) is 32.0 Å². The van der Waals surface area contributed by atoms with E-state index in [2.05, 4.69) is 16.8 Å². The van der Waals surface area contributed by atoms with Gasteiger partial charge in [0.05, 0.1) is 11.4 Å². The smallest absolute Gasteiger partial charge is 0.112 e. The first kappa shape index (κ1) is 8.48. The van der Waals surface area contributed by atoms with Gasteiger partial charge in [-0.05, 0) is 19.8 Å². The van der Waals surface area contributed by atoms with Gasteiger partial charge in [0.1, 0.15) is 5.82 Å². The van der Waals surface area contributed by atoms with Crippen molar-refractivity contribution in [2.24, 2.45) is 0 Å². The highest BCUT2D eigenvalue weighted by Crippen LogP contribution is 2.40. The van der Waals surface area contributed by atoms with Gasteiger partial charge in [0.25, 0.3) is 0 Å². The third-order valence-electron chi connectivity index (χ3n) is 3.27. The third-order valence-corrected chi connectivity index (χ3v) is 3.27. The lowest BCUT2D eigenvalue weighted by molar-refractivity contribution is 0.581. The molecule has 0 radical (unpaired) electrons. The van der Waals surface area contributed by atoms with Crippen LogP contribution >= 0.6 is 0 Å². The predicted molar refractivity (Wildman–Crippen MR) is 55.3 cm³/mol. The summed E-state index contributed by atoms with van der Waals surface area (Å²) >= 11 is 0. The maximum atomic E-state index is 4.81. The van der Waals surface area contributed by atoms with Crippen molar-refractivity contribution >= 4 is 0 Å². The van der Waals surface area contributed by atoms with E-state index in [0.717, 1.165) is 32.0 Å². The summed E-state index contributed by atoms with van der Waals surface area (Å²) in [6.45, 7) is 5.42. The zero-order valence-corrected chi connectivity index (χ0v) is 8.71. The summed E-state index contributed by atoms with van der Waals surface area (Å²) in [5, 5.41) is 3.43. The molecule has 1 aromatic heterocycles. The lowest BCUT2D eigenvalue weighted by atomic mass is 10.2. The van der Waals surface area contributed by atoms with Gasteiger partial charge in [-0.15, -0.1) is 0 Å². The molecule has 3 nitrogen and oxygen atoms in total. The van der Waals surface area contributed by atoms with E-state index < -0.39 is 0 Å². The lowest BCUT2D eigenvalue weighted by Crippen LogP contribution is -2.25. The Hall–Kier alpha value is -0.830. The number of fused-ring (bicyclic) bond motifs is 1. The van der Waals surface area contributed by atoms with Crippen LogP contribution in [0.3, 0.4) is 0 Å². The summed E-state index contributed by atoms with van der Waals surface area (Å²) in [4.78, 5) is 4.81. The lowest BCUT2D eigenvalue weighted by Gasteiger charge is -2.14. The molecule has 76 valence electrons. The summed E-state index contributed by atoms with van der Waals surface area (Å²) < 4.78 is 2.43. The number of nitrogens with one attached hydrogen (secondary N) is 1. The van der Waals surface area contributed by atoms with Crippen LogP contribution < -0.4 is 5.32 Å². The van der Waals surface area contributed by atoms with Crippen molar-refractivity contribution in [1.82, 2.24) is 14.9 Å². The van der Waals surface area contributed by atoms with Crippen molar-refractivity contribution in [3.8, 4) is 0 Å². The van der Waals surface area contributed by atoms with E-state index in [1.807, 2.05) is 0 Å². The van der Waals surface area contributed by atoms with Crippen LogP contribution in [-0.2, 0) is 19.5 Å². The fourth-order valence-electron chi connectivity index (χ4n) is 2.37. The summed E-state index contributed by atoms with van der Waals surface area (Å²) in [6.07, 6.45) is 3.81. The highest BCUT2D eigenvalue weighted by Gasteiger charge is 2.31. The van der Waals surface area contributed by atoms with Crippen molar-refractivity contribution in [2.45, 2.75) is 45.2 Å². The molecule has 0 atom stereocenters. The minimum Gasteiger partial charge on any atom is -0.331 e. The van der Waals surface area contributed by atoms with Crippen LogP contribution in [0.4, 0.5) is 0 Å². The molecule has 1 aliphatic heterocycles. The largest absolute Gasteiger partial charge is 0.331 e.